The van der Waals surface area contributed by atoms with Gasteiger partial charge >= 0.3 is 6.09 Å². The zero-order chi connectivity index (χ0) is 18.7. The Balaban J connectivity index is 1.81. The third kappa shape index (κ3) is 3.89. The Morgan fingerprint density at radius 2 is 2.19 bits per heavy atom. The SMILES string of the molecule is CCOC(=O)N1CCc2ccc(S(=O)(=O)N(C)Cc3nccs3)cc2C1. The molecule has 1 aromatic carbocycles. The van der Waals surface area contributed by atoms with Crippen molar-refractivity contribution in [3.05, 3.63) is 45.9 Å². The van der Waals surface area contributed by atoms with Crippen molar-refractivity contribution < 1.29 is 17.9 Å². The van der Waals surface area contributed by atoms with E-state index >= 15 is 0 Å². The van der Waals surface area contributed by atoms with Gasteiger partial charge in [-0.05, 0) is 36.6 Å². The fraction of sp³-hybridized carbons (Fsp3) is 0.412. The van der Waals surface area contributed by atoms with Crippen LogP contribution in [0.3, 0.4) is 0 Å². The Hall–Kier alpha value is -1.97. The summed E-state index contributed by atoms with van der Waals surface area (Å²) < 4.78 is 32.1. The molecule has 1 amide bonds. The summed E-state index contributed by atoms with van der Waals surface area (Å²) >= 11 is 1.42. The summed E-state index contributed by atoms with van der Waals surface area (Å²) in [6.45, 7) is 3.23. The average molecular weight is 396 g/mol. The average Bonchev–Trinajstić information content (AvgIpc) is 3.14. The third-order valence-corrected chi connectivity index (χ3v) is 6.83. The topological polar surface area (TPSA) is 79.8 Å². The van der Waals surface area contributed by atoms with E-state index in [9.17, 15) is 13.2 Å². The number of hydrogen-bond donors (Lipinski definition) is 0. The van der Waals surface area contributed by atoms with Crippen LogP contribution in [0.1, 0.15) is 23.1 Å². The number of fused-ring (bicyclic) bond motifs is 1. The predicted molar refractivity (Wildman–Crippen MR) is 98.3 cm³/mol. The van der Waals surface area contributed by atoms with Gasteiger partial charge in [-0.3, -0.25) is 0 Å². The van der Waals surface area contributed by atoms with Crippen LogP contribution < -0.4 is 0 Å². The molecule has 0 radical (unpaired) electrons. The minimum absolute atomic E-state index is 0.223. The number of ether oxygens (including phenoxy) is 1. The second-order valence-electron chi connectivity index (χ2n) is 5.99. The van der Waals surface area contributed by atoms with Crippen molar-refractivity contribution >= 4 is 27.5 Å². The number of thiazole rings is 1. The van der Waals surface area contributed by atoms with E-state index in [0.717, 1.165) is 16.1 Å². The Morgan fingerprint density at radius 1 is 1.38 bits per heavy atom. The van der Waals surface area contributed by atoms with Gasteiger partial charge in [0, 0.05) is 31.7 Å². The van der Waals surface area contributed by atoms with Gasteiger partial charge in [0.15, 0.2) is 0 Å². The zero-order valence-electron chi connectivity index (χ0n) is 14.7. The van der Waals surface area contributed by atoms with Crippen LogP contribution in [0, 0.1) is 0 Å². The smallest absolute Gasteiger partial charge is 0.410 e. The molecule has 0 saturated carbocycles. The van der Waals surface area contributed by atoms with Crippen LogP contribution >= 0.6 is 11.3 Å². The molecule has 1 aliphatic rings. The second kappa shape index (κ2) is 7.73. The summed E-state index contributed by atoms with van der Waals surface area (Å²) in [5.41, 5.74) is 1.90. The van der Waals surface area contributed by atoms with Gasteiger partial charge in [-0.15, -0.1) is 11.3 Å². The maximum Gasteiger partial charge on any atom is 0.410 e. The maximum atomic E-state index is 12.9. The normalized spacial score (nSPS) is 14.3. The highest BCUT2D eigenvalue weighted by Gasteiger charge is 2.26. The molecule has 1 aliphatic heterocycles. The molecule has 140 valence electrons. The van der Waals surface area contributed by atoms with E-state index in [-0.39, 0.29) is 17.5 Å². The largest absolute Gasteiger partial charge is 0.450 e. The lowest BCUT2D eigenvalue weighted by molar-refractivity contribution is 0.102. The predicted octanol–water partition coefficient (Wildman–Crippen LogP) is 2.48. The summed E-state index contributed by atoms with van der Waals surface area (Å²) in [6.07, 6.45) is 1.97. The molecule has 0 aliphatic carbocycles. The quantitative estimate of drug-likeness (QED) is 0.777. The Labute approximate surface area is 157 Å². The number of hydrogen-bond acceptors (Lipinski definition) is 6. The molecule has 9 heteroatoms. The Bertz CT molecular complexity index is 881. The zero-order valence-corrected chi connectivity index (χ0v) is 16.3. The lowest BCUT2D eigenvalue weighted by atomic mass is 10.0. The molecular formula is C17H21N3O4S2. The molecule has 7 nitrogen and oxygen atoms in total. The first-order valence-electron chi connectivity index (χ1n) is 8.30. The second-order valence-corrected chi connectivity index (χ2v) is 9.01. The van der Waals surface area contributed by atoms with Crippen LogP contribution in [0.15, 0.2) is 34.7 Å². The number of benzene rings is 1. The van der Waals surface area contributed by atoms with Crippen LogP contribution in [0.5, 0.6) is 0 Å². The molecule has 0 spiro atoms. The molecule has 26 heavy (non-hydrogen) atoms. The highest BCUT2D eigenvalue weighted by molar-refractivity contribution is 7.89. The van der Waals surface area contributed by atoms with Crippen molar-refractivity contribution in [1.29, 1.82) is 0 Å². The number of amides is 1. The minimum Gasteiger partial charge on any atom is -0.450 e. The molecule has 0 atom stereocenters. The number of nitrogens with zero attached hydrogens (tertiary/aromatic N) is 3. The van der Waals surface area contributed by atoms with E-state index in [1.165, 1.54) is 15.6 Å². The van der Waals surface area contributed by atoms with Crippen molar-refractivity contribution in [2.75, 3.05) is 20.2 Å². The molecule has 0 N–H and O–H groups in total. The monoisotopic (exact) mass is 395 g/mol. The molecule has 0 fully saturated rings. The Kier molecular flexibility index (Phi) is 5.59. The fourth-order valence-corrected chi connectivity index (χ4v) is 4.78. The molecular weight excluding hydrogens is 374 g/mol. The summed E-state index contributed by atoms with van der Waals surface area (Å²) in [4.78, 5) is 17.9. The first-order valence-corrected chi connectivity index (χ1v) is 10.6. The number of aromatic nitrogens is 1. The van der Waals surface area contributed by atoms with Gasteiger partial charge in [-0.2, -0.15) is 4.31 Å². The van der Waals surface area contributed by atoms with Gasteiger partial charge in [-0.25, -0.2) is 18.2 Å². The van der Waals surface area contributed by atoms with E-state index in [1.54, 1.807) is 37.2 Å². The van der Waals surface area contributed by atoms with Gasteiger partial charge in [0.25, 0.3) is 0 Å². The van der Waals surface area contributed by atoms with Gasteiger partial charge < -0.3 is 9.64 Å². The van der Waals surface area contributed by atoms with Crippen molar-refractivity contribution in [2.45, 2.75) is 31.3 Å². The third-order valence-electron chi connectivity index (χ3n) is 4.27. The molecule has 0 saturated heterocycles. The van der Waals surface area contributed by atoms with E-state index < -0.39 is 10.0 Å². The standard InChI is InChI=1S/C17H21N3O4S2/c1-3-24-17(21)20-8-6-13-4-5-15(10-14(13)11-20)26(22,23)19(2)12-16-18-7-9-25-16/h4-5,7,9-10H,3,6,8,11-12H2,1-2H3. The van der Waals surface area contributed by atoms with Crippen molar-refractivity contribution in [3.63, 3.8) is 0 Å². The number of sulfonamides is 1. The first-order chi connectivity index (χ1) is 12.4. The molecule has 1 aromatic heterocycles. The lowest BCUT2D eigenvalue weighted by Crippen LogP contribution is -2.36. The maximum absolute atomic E-state index is 12.9. The van der Waals surface area contributed by atoms with Crippen molar-refractivity contribution in [1.82, 2.24) is 14.2 Å². The Morgan fingerprint density at radius 3 is 2.88 bits per heavy atom. The van der Waals surface area contributed by atoms with Gasteiger partial charge in [-0.1, -0.05) is 6.07 Å². The summed E-state index contributed by atoms with van der Waals surface area (Å²) in [5.74, 6) is 0. The minimum atomic E-state index is -3.63. The van der Waals surface area contributed by atoms with Crippen molar-refractivity contribution in [3.8, 4) is 0 Å². The summed E-state index contributed by atoms with van der Waals surface area (Å²) in [7, 11) is -2.09. The molecule has 0 unspecified atom stereocenters. The lowest BCUT2D eigenvalue weighted by Gasteiger charge is -2.28. The number of rotatable bonds is 5. The van der Waals surface area contributed by atoms with E-state index in [4.69, 9.17) is 4.74 Å². The van der Waals surface area contributed by atoms with Gasteiger partial charge in [0.2, 0.25) is 10.0 Å². The van der Waals surface area contributed by atoms with Crippen molar-refractivity contribution in [2.24, 2.45) is 0 Å². The van der Waals surface area contributed by atoms with Gasteiger partial charge in [0.05, 0.1) is 18.0 Å². The summed E-state index contributed by atoms with van der Waals surface area (Å²) in [5, 5.41) is 2.56. The molecule has 0 bridgehead atoms. The molecule has 3 rings (SSSR count). The first kappa shape index (κ1) is 18.8. The van der Waals surface area contributed by atoms with E-state index in [0.29, 0.717) is 26.1 Å². The van der Waals surface area contributed by atoms with Crippen LogP contribution in [0.25, 0.3) is 0 Å². The molecule has 2 aromatic rings. The number of carbonyl (C=O) groups is 1. The summed E-state index contributed by atoms with van der Waals surface area (Å²) in [6, 6.07) is 5.13. The highest BCUT2D eigenvalue weighted by Crippen LogP contribution is 2.25. The number of carbonyl (C=O) groups excluding carboxylic acids is 1. The molecule has 2 heterocycles. The van der Waals surface area contributed by atoms with Crippen LogP contribution in [0.2, 0.25) is 0 Å². The van der Waals surface area contributed by atoms with E-state index in [1.807, 2.05) is 11.4 Å². The van der Waals surface area contributed by atoms with Gasteiger partial charge in [0.1, 0.15) is 5.01 Å². The van der Waals surface area contributed by atoms with Crippen LogP contribution in [-0.2, 0) is 34.3 Å². The van der Waals surface area contributed by atoms with Crippen LogP contribution in [-0.4, -0.2) is 48.9 Å². The van der Waals surface area contributed by atoms with E-state index in [2.05, 4.69) is 4.98 Å². The fourth-order valence-electron chi connectivity index (χ4n) is 2.85. The van der Waals surface area contributed by atoms with Crippen LogP contribution in [0.4, 0.5) is 4.79 Å². The highest BCUT2D eigenvalue weighted by atomic mass is 32.2.